The fourth-order valence-electron chi connectivity index (χ4n) is 4.22. The summed E-state index contributed by atoms with van der Waals surface area (Å²) in [7, 11) is 0.394. The van der Waals surface area contributed by atoms with Crippen LogP contribution in [0.25, 0.3) is 11.4 Å². The maximum absolute atomic E-state index is 13.9. The van der Waals surface area contributed by atoms with Crippen LogP contribution in [-0.2, 0) is 22.7 Å². The number of carbonyl (C=O) groups excluding carboxylic acids is 1. The molecule has 3 heterocycles. The normalized spacial score (nSPS) is 16.6. The molecular weight excluding hydrogens is 478 g/mol. The SMILES string of the molecule is CN(C)C(=O)COc1ccc2c(c1)N(c1nc(-c3ccc(F)c(F)c3)nc3c1CS(O)(O)C3)CC2. The molecule has 0 aliphatic carbocycles. The maximum atomic E-state index is 13.9. The fourth-order valence-corrected chi connectivity index (χ4v) is 5.75. The number of likely N-dealkylation sites (N-methyl/N-ethyl adjacent to an activating group) is 1. The van der Waals surface area contributed by atoms with E-state index in [0.717, 1.165) is 29.8 Å². The number of amides is 1. The molecule has 5 rings (SSSR count). The number of hydrogen-bond acceptors (Lipinski definition) is 7. The highest BCUT2D eigenvalue weighted by atomic mass is 32.3. The average molecular weight is 503 g/mol. The van der Waals surface area contributed by atoms with Crippen LogP contribution in [0.15, 0.2) is 36.4 Å². The predicted molar refractivity (Wildman–Crippen MR) is 129 cm³/mol. The first-order valence-corrected chi connectivity index (χ1v) is 12.8. The molecule has 35 heavy (non-hydrogen) atoms. The van der Waals surface area contributed by atoms with Gasteiger partial charge in [0.1, 0.15) is 11.6 Å². The molecule has 0 saturated carbocycles. The van der Waals surface area contributed by atoms with Gasteiger partial charge in [0.25, 0.3) is 5.91 Å². The molecule has 184 valence electrons. The smallest absolute Gasteiger partial charge is 0.259 e. The van der Waals surface area contributed by atoms with Gasteiger partial charge < -0.3 is 14.5 Å². The van der Waals surface area contributed by atoms with Crippen LogP contribution in [0, 0.1) is 11.6 Å². The first kappa shape index (κ1) is 23.5. The lowest BCUT2D eigenvalue weighted by atomic mass is 10.1. The summed E-state index contributed by atoms with van der Waals surface area (Å²) in [5.74, 6) is -0.977. The van der Waals surface area contributed by atoms with Crippen LogP contribution in [0.5, 0.6) is 5.75 Å². The summed E-state index contributed by atoms with van der Waals surface area (Å²) >= 11 is 0. The number of anilines is 2. The van der Waals surface area contributed by atoms with E-state index in [0.29, 0.717) is 29.4 Å². The molecule has 2 aliphatic rings. The van der Waals surface area contributed by atoms with Crippen molar-refractivity contribution in [3.8, 4) is 17.1 Å². The Morgan fingerprint density at radius 3 is 2.66 bits per heavy atom. The molecule has 2 aliphatic heterocycles. The van der Waals surface area contributed by atoms with Crippen molar-refractivity contribution >= 4 is 28.0 Å². The van der Waals surface area contributed by atoms with Gasteiger partial charge in [0, 0.05) is 43.5 Å². The van der Waals surface area contributed by atoms with Crippen molar-refractivity contribution in [3.63, 3.8) is 0 Å². The van der Waals surface area contributed by atoms with E-state index >= 15 is 0 Å². The molecule has 0 fully saturated rings. The van der Waals surface area contributed by atoms with E-state index in [1.807, 2.05) is 17.0 Å². The zero-order chi connectivity index (χ0) is 24.9. The Morgan fingerprint density at radius 2 is 1.91 bits per heavy atom. The van der Waals surface area contributed by atoms with Gasteiger partial charge >= 0.3 is 0 Å². The van der Waals surface area contributed by atoms with Gasteiger partial charge in [-0.15, -0.1) is 0 Å². The van der Waals surface area contributed by atoms with Gasteiger partial charge in [-0.3, -0.25) is 13.9 Å². The monoisotopic (exact) mass is 502 g/mol. The van der Waals surface area contributed by atoms with Gasteiger partial charge in [0.05, 0.1) is 17.2 Å². The van der Waals surface area contributed by atoms with Crippen molar-refractivity contribution < 1.29 is 27.4 Å². The Hall–Kier alpha value is -3.28. The van der Waals surface area contributed by atoms with Gasteiger partial charge in [0.15, 0.2) is 24.1 Å². The highest BCUT2D eigenvalue weighted by Crippen LogP contribution is 2.55. The van der Waals surface area contributed by atoms with Crippen molar-refractivity contribution in [2.45, 2.75) is 17.9 Å². The van der Waals surface area contributed by atoms with Gasteiger partial charge in [-0.05, 0) is 36.2 Å². The summed E-state index contributed by atoms with van der Waals surface area (Å²) in [4.78, 5) is 24.5. The Morgan fingerprint density at radius 1 is 1.11 bits per heavy atom. The Kier molecular flexibility index (Phi) is 5.86. The minimum Gasteiger partial charge on any atom is -0.484 e. The van der Waals surface area contributed by atoms with Crippen LogP contribution >= 0.6 is 10.6 Å². The molecule has 2 N–H and O–H groups in total. The van der Waals surface area contributed by atoms with Gasteiger partial charge in [-0.25, -0.2) is 18.7 Å². The molecule has 0 saturated heterocycles. The lowest BCUT2D eigenvalue weighted by Crippen LogP contribution is -2.27. The number of benzene rings is 2. The zero-order valence-electron chi connectivity index (χ0n) is 19.2. The molecule has 2 aromatic carbocycles. The summed E-state index contributed by atoms with van der Waals surface area (Å²) in [6.45, 7) is 0.477. The highest BCUT2D eigenvalue weighted by Gasteiger charge is 2.34. The molecule has 1 amide bonds. The molecule has 0 bridgehead atoms. The molecule has 8 nitrogen and oxygen atoms in total. The molecule has 11 heteroatoms. The van der Waals surface area contributed by atoms with Crippen LogP contribution in [-0.4, -0.2) is 57.1 Å². The fraction of sp³-hybridized carbons (Fsp3) is 0.292. The van der Waals surface area contributed by atoms with E-state index in [1.165, 1.54) is 11.0 Å². The summed E-state index contributed by atoms with van der Waals surface area (Å²) in [5, 5.41) is 0. The van der Waals surface area contributed by atoms with Crippen LogP contribution < -0.4 is 9.64 Å². The van der Waals surface area contributed by atoms with E-state index in [1.54, 1.807) is 20.2 Å². The summed E-state index contributed by atoms with van der Waals surface area (Å²) in [6, 6.07) is 8.99. The maximum Gasteiger partial charge on any atom is 0.259 e. The molecule has 3 aromatic rings. The summed E-state index contributed by atoms with van der Waals surface area (Å²) in [5.41, 5.74) is 3.25. The van der Waals surface area contributed by atoms with E-state index in [2.05, 4.69) is 9.97 Å². The van der Waals surface area contributed by atoms with Crippen molar-refractivity contribution in [1.29, 1.82) is 0 Å². The number of aromatic nitrogens is 2. The Labute approximate surface area is 202 Å². The summed E-state index contributed by atoms with van der Waals surface area (Å²) < 4.78 is 53.9. The van der Waals surface area contributed by atoms with E-state index in [9.17, 15) is 22.7 Å². The lowest BCUT2D eigenvalue weighted by Gasteiger charge is -2.26. The number of hydrogen-bond donors (Lipinski definition) is 2. The second-order valence-corrected chi connectivity index (χ2v) is 11.0. The van der Waals surface area contributed by atoms with Gasteiger partial charge in [0.2, 0.25) is 0 Å². The highest BCUT2D eigenvalue weighted by molar-refractivity contribution is 8.23. The molecule has 0 unspecified atom stereocenters. The quantitative estimate of drug-likeness (QED) is 0.535. The number of nitrogens with zero attached hydrogens (tertiary/aromatic N) is 4. The largest absolute Gasteiger partial charge is 0.484 e. The first-order chi connectivity index (χ1) is 16.6. The van der Waals surface area contributed by atoms with Gasteiger partial charge in [-0.1, -0.05) is 6.07 Å². The number of halogens is 2. The number of carbonyl (C=O) groups is 1. The van der Waals surface area contributed by atoms with Crippen LogP contribution in [0.2, 0.25) is 0 Å². The minimum absolute atomic E-state index is 0.0228. The molecular formula is C24H24F2N4O4S. The Balaban J connectivity index is 1.55. The van der Waals surface area contributed by atoms with Crippen molar-refractivity contribution in [3.05, 3.63) is 64.9 Å². The Bertz CT molecular complexity index is 1340. The molecule has 0 atom stereocenters. The molecule has 0 radical (unpaired) electrons. The number of rotatable bonds is 5. The second-order valence-electron chi connectivity index (χ2n) is 8.78. The predicted octanol–water partition coefficient (Wildman–Crippen LogP) is 4.35. The van der Waals surface area contributed by atoms with Gasteiger partial charge in [-0.2, -0.15) is 10.6 Å². The average Bonchev–Trinajstić information content (AvgIpc) is 3.37. The van der Waals surface area contributed by atoms with Crippen LogP contribution in [0.3, 0.4) is 0 Å². The first-order valence-electron chi connectivity index (χ1n) is 10.9. The zero-order valence-corrected chi connectivity index (χ0v) is 20.0. The standard InChI is InChI=1S/C24H24F2N4O4S/c1-29(2)22(31)11-34-16-5-3-14-7-8-30(21(14)10-16)24-17-12-35(32,33)13-20(17)27-23(28-24)15-4-6-18(25)19(26)9-15/h3-6,9-10,32-33H,7-8,11-13H2,1-2H3. The number of ether oxygens (including phenoxy) is 1. The molecule has 1 aromatic heterocycles. The number of fused-ring (bicyclic) bond motifs is 2. The lowest BCUT2D eigenvalue weighted by molar-refractivity contribution is -0.130. The van der Waals surface area contributed by atoms with E-state index < -0.39 is 22.2 Å². The topological polar surface area (TPSA) is 99.0 Å². The van der Waals surface area contributed by atoms with E-state index in [4.69, 9.17) is 4.74 Å². The third-order valence-electron chi connectivity index (χ3n) is 6.06. The van der Waals surface area contributed by atoms with Crippen molar-refractivity contribution in [2.75, 3.05) is 32.1 Å². The third kappa shape index (κ3) is 4.54. The minimum atomic E-state index is -2.91. The molecule has 0 spiro atoms. The van der Waals surface area contributed by atoms with Crippen molar-refractivity contribution in [2.24, 2.45) is 0 Å². The second kappa shape index (κ2) is 8.74. The summed E-state index contributed by atoms with van der Waals surface area (Å²) in [6.07, 6.45) is 0.724. The third-order valence-corrected chi connectivity index (χ3v) is 7.55. The van der Waals surface area contributed by atoms with Crippen LogP contribution in [0.1, 0.15) is 16.8 Å². The van der Waals surface area contributed by atoms with Crippen molar-refractivity contribution in [1.82, 2.24) is 14.9 Å². The van der Waals surface area contributed by atoms with Crippen LogP contribution in [0.4, 0.5) is 20.3 Å². The van der Waals surface area contributed by atoms with E-state index in [-0.39, 0.29) is 35.4 Å².